The molecule has 0 spiro atoms. The molecule has 0 aliphatic heterocycles. The number of nitrogens with zero attached hydrogens (tertiary/aromatic N) is 1. The second-order valence-electron chi connectivity index (χ2n) is 11.8. The minimum atomic E-state index is 0.875. The highest BCUT2D eigenvalue weighted by Crippen LogP contribution is 2.44. The monoisotopic (exact) mass is 587 g/mol. The SMILES string of the molecule is c1ccc(-c2ccc(N(c3ccc(-c4ccc5ccccc5c4)cc3)c3cccc4c3oc3ccc5ccccc5c34)cc2)cc1. The minimum Gasteiger partial charge on any atom is -0.454 e. The maximum absolute atomic E-state index is 6.70. The number of para-hydroxylation sites is 1. The molecule has 46 heavy (non-hydrogen) atoms. The molecular weight excluding hydrogens is 558 g/mol. The van der Waals surface area contributed by atoms with Crippen LogP contribution in [-0.2, 0) is 0 Å². The van der Waals surface area contributed by atoms with Crippen molar-refractivity contribution in [3.05, 3.63) is 176 Å². The topological polar surface area (TPSA) is 16.4 Å². The largest absolute Gasteiger partial charge is 0.454 e. The third-order valence-electron chi connectivity index (χ3n) is 9.05. The van der Waals surface area contributed by atoms with E-state index in [0.29, 0.717) is 0 Å². The van der Waals surface area contributed by atoms with E-state index in [9.17, 15) is 0 Å². The molecule has 0 aliphatic rings. The number of hydrogen-bond donors (Lipinski definition) is 0. The molecule has 0 atom stereocenters. The van der Waals surface area contributed by atoms with Gasteiger partial charge in [0.05, 0.1) is 5.69 Å². The third kappa shape index (κ3) is 4.43. The van der Waals surface area contributed by atoms with Crippen LogP contribution in [0, 0.1) is 0 Å². The first-order valence-electron chi connectivity index (χ1n) is 15.7. The molecule has 1 heterocycles. The second kappa shape index (κ2) is 10.8. The predicted octanol–water partition coefficient (Wildman–Crippen LogP) is 12.7. The molecule has 1 aromatic heterocycles. The Kier molecular flexibility index (Phi) is 6.17. The number of anilines is 3. The molecule has 0 saturated carbocycles. The minimum absolute atomic E-state index is 0.875. The summed E-state index contributed by atoms with van der Waals surface area (Å²) in [6, 6.07) is 62.6. The Balaban J connectivity index is 1.21. The predicted molar refractivity (Wildman–Crippen MR) is 194 cm³/mol. The van der Waals surface area contributed by atoms with Crippen molar-refractivity contribution in [3.63, 3.8) is 0 Å². The van der Waals surface area contributed by atoms with E-state index in [2.05, 4.69) is 181 Å². The highest BCUT2D eigenvalue weighted by Gasteiger charge is 2.20. The van der Waals surface area contributed by atoms with Gasteiger partial charge in [0.2, 0.25) is 0 Å². The summed E-state index contributed by atoms with van der Waals surface area (Å²) >= 11 is 0. The van der Waals surface area contributed by atoms with E-state index in [1.165, 1.54) is 43.8 Å². The highest BCUT2D eigenvalue weighted by atomic mass is 16.3. The van der Waals surface area contributed by atoms with E-state index >= 15 is 0 Å². The van der Waals surface area contributed by atoms with Crippen molar-refractivity contribution < 1.29 is 4.42 Å². The quantitative estimate of drug-likeness (QED) is 0.199. The summed E-state index contributed by atoms with van der Waals surface area (Å²) in [6.07, 6.45) is 0. The lowest BCUT2D eigenvalue weighted by Gasteiger charge is -2.26. The summed E-state index contributed by atoms with van der Waals surface area (Å²) in [4.78, 5) is 2.31. The summed E-state index contributed by atoms with van der Waals surface area (Å²) < 4.78 is 6.70. The van der Waals surface area contributed by atoms with Crippen LogP contribution in [0.1, 0.15) is 0 Å². The molecule has 2 nitrogen and oxygen atoms in total. The molecule has 216 valence electrons. The van der Waals surface area contributed by atoms with Crippen LogP contribution in [0.3, 0.4) is 0 Å². The van der Waals surface area contributed by atoms with Gasteiger partial charge in [-0.25, -0.2) is 0 Å². The number of rotatable bonds is 5. The standard InChI is InChI=1S/C44H29NO/c1-2-9-30(10-3-1)32-19-24-37(25-20-32)45(38-26-21-33(22-27-38)36-18-17-31-11-4-5-13-35(31)29-36)41-16-8-15-40-43-39-14-7-6-12-34(39)23-28-42(43)46-44(40)41/h1-29H. The molecule has 0 amide bonds. The lowest BCUT2D eigenvalue weighted by molar-refractivity contribution is 0.669. The van der Waals surface area contributed by atoms with Crippen molar-refractivity contribution in [2.24, 2.45) is 0 Å². The van der Waals surface area contributed by atoms with Gasteiger partial charge in [-0.15, -0.1) is 0 Å². The van der Waals surface area contributed by atoms with E-state index in [-0.39, 0.29) is 0 Å². The molecule has 0 bridgehead atoms. The summed E-state index contributed by atoms with van der Waals surface area (Å²) in [6.45, 7) is 0. The fourth-order valence-electron chi connectivity index (χ4n) is 6.76. The Morgan fingerprint density at radius 3 is 1.70 bits per heavy atom. The average Bonchev–Trinajstić information content (AvgIpc) is 3.53. The molecule has 0 unspecified atom stereocenters. The van der Waals surface area contributed by atoms with Crippen molar-refractivity contribution >= 4 is 60.5 Å². The van der Waals surface area contributed by atoms with E-state index in [0.717, 1.165) is 39.0 Å². The molecular formula is C44H29NO. The normalized spacial score (nSPS) is 11.5. The van der Waals surface area contributed by atoms with Gasteiger partial charge in [0.25, 0.3) is 0 Å². The van der Waals surface area contributed by atoms with Gasteiger partial charge >= 0.3 is 0 Å². The molecule has 9 aromatic rings. The first kappa shape index (κ1) is 26.3. The Morgan fingerprint density at radius 2 is 0.935 bits per heavy atom. The van der Waals surface area contributed by atoms with Crippen molar-refractivity contribution in [1.82, 2.24) is 0 Å². The Labute approximate surface area is 267 Å². The van der Waals surface area contributed by atoms with Gasteiger partial charge in [0.15, 0.2) is 5.58 Å². The van der Waals surface area contributed by atoms with Gasteiger partial charge in [-0.05, 0) is 86.3 Å². The smallest absolute Gasteiger partial charge is 0.159 e. The summed E-state index contributed by atoms with van der Waals surface area (Å²) in [5, 5.41) is 7.17. The fourth-order valence-corrected chi connectivity index (χ4v) is 6.76. The van der Waals surface area contributed by atoms with E-state index in [4.69, 9.17) is 4.42 Å². The number of benzene rings is 8. The van der Waals surface area contributed by atoms with E-state index < -0.39 is 0 Å². The maximum atomic E-state index is 6.70. The third-order valence-corrected chi connectivity index (χ3v) is 9.05. The van der Waals surface area contributed by atoms with Gasteiger partial charge in [-0.2, -0.15) is 0 Å². The number of furan rings is 1. The molecule has 0 saturated heterocycles. The molecule has 0 radical (unpaired) electrons. The van der Waals surface area contributed by atoms with Gasteiger partial charge in [0, 0.05) is 22.1 Å². The van der Waals surface area contributed by atoms with Gasteiger partial charge in [-0.1, -0.05) is 133 Å². The van der Waals surface area contributed by atoms with Gasteiger partial charge < -0.3 is 9.32 Å². The fraction of sp³-hybridized carbons (Fsp3) is 0. The van der Waals surface area contributed by atoms with Crippen LogP contribution >= 0.6 is 0 Å². The van der Waals surface area contributed by atoms with Crippen LogP contribution < -0.4 is 4.90 Å². The van der Waals surface area contributed by atoms with Crippen LogP contribution in [0.5, 0.6) is 0 Å². The lowest BCUT2D eigenvalue weighted by Crippen LogP contribution is -2.10. The van der Waals surface area contributed by atoms with E-state index in [1.807, 2.05) is 0 Å². The first-order chi connectivity index (χ1) is 22.8. The van der Waals surface area contributed by atoms with E-state index in [1.54, 1.807) is 0 Å². The van der Waals surface area contributed by atoms with Gasteiger partial charge in [-0.3, -0.25) is 0 Å². The Hall–Kier alpha value is -6.12. The summed E-state index contributed by atoms with van der Waals surface area (Å²) in [7, 11) is 0. The zero-order valence-corrected chi connectivity index (χ0v) is 25.1. The van der Waals surface area contributed by atoms with Crippen LogP contribution in [-0.4, -0.2) is 0 Å². The number of fused-ring (bicyclic) bond motifs is 6. The molecule has 8 aromatic carbocycles. The summed E-state index contributed by atoms with van der Waals surface area (Å²) in [5.74, 6) is 0. The Bertz CT molecular complexity index is 2510. The molecule has 0 aliphatic carbocycles. The highest BCUT2D eigenvalue weighted by molar-refractivity contribution is 6.21. The van der Waals surface area contributed by atoms with Crippen molar-refractivity contribution in [2.75, 3.05) is 4.90 Å². The van der Waals surface area contributed by atoms with Crippen LogP contribution in [0.2, 0.25) is 0 Å². The van der Waals surface area contributed by atoms with Crippen LogP contribution in [0.25, 0.3) is 65.7 Å². The van der Waals surface area contributed by atoms with Crippen LogP contribution in [0.15, 0.2) is 180 Å². The molecule has 9 rings (SSSR count). The van der Waals surface area contributed by atoms with Gasteiger partial charge in [0.1, 0.15) is 5.58 Å². The number of hydrogen-bond acceptors (Lipinski definition) is 2. The average molecular weight is 588 g/mol. The van der Waals surface area contributed by atoms with Crippen LogP contribution in [0.4, 0.5) is 17.1 Å². The molecule has 2 heteroatoms. The maximum Gasteiger partial charge on any atom is 0.159 e. The summed E-state index contributed by atoms with van der Waals surface area (Å²) in [5.41, 5.74) is 9.68. The molecule has 0 fully saturated rings. The van der Waals surface area contributed by atoms with Crippen molar-refractivity contribution in [2.45, 2.75) is 0 Å². The zero-order valence-electron chi connectivity index (χ0n) is 25.1. The lowest BCUT2D eigenvalue weighted by atomic mass is 10.0. The Morgan fingerprint density at radius 1 is 0.370 bits per heavy atom. The second-order valence-corrected chi connectivity index (χ2v) is 11.8. The van der Waals surface area contributed by atoms with Crippen molar-refractivity contribution in [3.8, 4) is 22.3 Å². The first-order valence-corrected chi connectivity index (χ1v) is 15.7. The zero-order chi connectivity index (χ0) is 30.5. The van der Waals surface area contributed by atoms with Crippen molar-refractivity contribution in [1.29, 1.82) is 0 Å². The molecule has 0 N–H and O–H groups in total.